The van der Waals surface area contributed by atoms with Crippen LogP contribution in [0.1, 0.15) is 37.3 Å². The van der Waals surface area contributed by atoms with Gasteiger partial charge in [0.1, 0.15) is 0 Å². The average Bonchev–Trinajstić information content (AvgIpc) is 2.95. The highest BCUT2D eigenvalue weighted by molar-refractivity contribution is 5.11. The SMILES string of the molecule is CC(C)n1ccc(CC(NN)c2ccnn2C)n1. The predicted molar refractivity (Wildman–Crippen MR) is 69.6 cm³/mol. The van der Waals surface area contributed by atoms with Crippen molar-refractivity contribution in [2.75, 3.05) is 0 Å². The fourth-order valence-corrected chi connectivity index (χ4v) is 1.96. The maximum Gasteiger partial charge on any atom is 0.0684 e. The number of rotatable bonds is 5. The number of nitrogens with zero attached hydrogens (tertiary/aromatic N) is 4. The van der Waals surface area contributed by atoms with E-state index in [2.05, 4.69) is 29.5 Å². The van der Waals surface area contributed by atoms with E-state index >= 15 is 0 Å². The molecule has 0 aliphatic rings. The molecule has 0 fully saturated rings. The molecule has 1 atom stereocenters. The summed E-state index contributed by atoms with van der Waals surface area (Å²) in [6.07, 6.45) is 4.51. The molecule has 6 nitrogen and oxygen atoms in total. The summed E-state index contributed by atoms with van der Waals surface area (Å²) < 4.78 is 3.77. The van der Waals surface area contributed by atoms with Crippen molar-refractivity contribution < 1.29 is 0 Å². The number of nitrogens with two attached hydrogens (primary N) is 1. The van der Waals surface area contributed by atoms with Crippen molar-refractivity contribution in [3.8, 4) is 0 Å². The summed E-state index contributed by atoms with van der Waals surface area (Å²) in [6, 6.07) is 4.39. The lowest BCUT2D eigenvalue weighted by Gasteiger charge is -2.15. The Labute approximate surface area is 107 Å². The quantitative estimate of drug-likeness (QED) is 0.610. The van der Waals surface area contributed by atoms with Gasteiger partial charge in [-0.3, -0.25) is 20.6 Å². The Hall–Kier alpha value is -1.66. The van der Waals surface area contributed by atoms with Crippen LogP contribution in [0.2, 0.25) is 0 Å². The lowest BCUT2D eigenvalue weighted by molar-refractivity contribution is 0.487. The molecular formula is C12H20N6. The molecule has 0 bridgehead atoms. The maximum atomic E-state index is 5.62. The summed E-state index contributed by atoms with van der Waals surface area (Å²) >= 11 is 0. The van der Waals surface area contributed by atoms with Gasteiger partial charge in [0.05, 0.1) is 17.4 Å². The van der Waals surface area contributed by atoms with Gasteiger partial charge in [0.15, 0.2) is 0 Å². The zero-order chi connectivity index (χ0) is 13.1. The van der Waals surface area contributed by atoms with Crippen molar-refractivity contribution in [3.63, 3.8) is 0 Å². The first-order valence-corrected chi connectivity index (χ1v) is 6.10. The van der Waals surface area contributed by atoms with Crippen LogP contribution < -0.4 is 11.3 Å². The number of aromatic nitrogens is 4. The molecule has 0 amide bonds. The lowest BCUT2D eigenvalue weighted by Crippen LogP contribution is -2.31. The Morgan fingerprint density at radius 2 is 2.17 bits per heavy atom. The summed E-state index contributed by atoms with van der Waals surface area (Å²) in [6.45, 7) is 4.22. The Kier molecular flexibility index (Phi) is 3.78. The molecule has 18 heavy (non-hydrogen) atoms. The van der Waals surface area contributed by atoms with E-state index in [1.807, 2.05) is 34.7 Å². The van der Waals surface area contributed by atoms with Gasteiger partial charge in [0, 0.05) is 31.9 Å². The molecule has 2 aromatic heterocycles. The molecule has 0 saturated heterocycles. The Morgan fingerprint density at radius 1 is 1.39 bits per heavy atom. The second-order valence-electron chi connectivity index (χ2n) is 4.68. The zero-order valence-corrected chi connectivity index (χ0v) is 11.0. The summed E-state index contributed by atoms with van der Waals surface area (Å²) in [5.74, 6) is 5.62. The number of aryl methyl sites for hydroxylation is 1. The van der Waals surface area contributed by atoms with E-state index in [-0.39, 0.29) is 6.04 Å². The minimum Gasteiger partial charge on any atom is -0.271 e. The molecule has 3 N–H and O–H groups in total. The standard InChI is InChI=1S/C12H20N6/c1-9(2)18-7-5-10(16-18)8-11(15-13)12-4-6-14-17(12)3/h4-7,9,11,15H,8,13H2,1-3H3. The summed E-state index contributed by atoms with van der Waals surface area (Å²) in [5, 5.41) is 8.68. The van der Waals surface area contributed by atoms with Crippen LogP contribution in [-0.4, -0.2) is 19.6 Å². The van der Waals surface area contributed by atoms with E-state index in [0.717, 1.165) is 17.8 Å². The lowest BCUT2D eigenvalue weighted by atomic mass is 10.1. The smallest absolute Gasteiger partial charge is 0.0684 e. The fraction of sp³-hybridized carbons (Fsp3) is 0.500. The molecule has 6 heteroatoms. The van der Waals surface area contributed by atoms with Gasteiger partial charge in [-0.15, -0.1) is 0 Å². The maximum absolute atomic E-state index is 5.62. The molecule has 0 radical (unpaired) electrons. The van der Waals surface area contributed by atoms with Gasteiger partial charge < -0.3 is 0 Å². The van der Waals surface area contributed by atoms with Crippen LogP contribution in [0, 0.1) is 0 Å². The molecule has 0 aliphatic carbocycles. The van der Waals surface area contributed by atoms with Crippen LogP contribution in [-0.2, 0) is 13.5 Å². The third kappa shape index (κ3) is 2.60. The van der Waals surface area contributed by atoms with Crippen LogP contribution in [0.3, 0.4) is 0 Å². The van der Waals surface area contributed by atoms with Crippen molar-refractivity contribution in [1.82, 2.24) is 25.0 Å². The van der Waals surface area contributed by atoms with Gasteiger partial charge in [-0.1, -0.05) is 0 Å². The molecule has 2 rings (SSSR count). The Morgan fingerprint density at radius 3 is 2.67 bits per heavy atom. The highest BCUT2D eigenvalue weighted by atomic mass is 15.3. The Balaban J connectivity index is 2.13. The van der Waals surface area contributed by atoms with Crippen molar-refractivity contribution in [2.24, 2.45) is 12.9 Å². The van der Waals surface area contributed by atoms with Crippen molar-refractivity contribution in [3.05, 3.63) is 35.9 Å². The zero-order valence-electron chi connectivity index (χ0n) is 11.0. The predicted octanol–water partition coefficient (Wildman–Crippen LogP) is 0.945. The summed E-state index contributed by atoms with van der Waals surface area (Å²) in [4.78, 5) is 0. The van der Waals surface area contributed by atoms with Crippen LogP contribution in [0.15, 0.2) is 24.5 Å². The largest absolute Gasteiger partial charge is 0.271 e. The number of hydrazine groups is 1. The summed E-state index contributed by atoms with van der Waals surface area (Å²) in [7, 11) is 1.91. The number of hydrogen-bond acceptors (Lipinski definition) is 4. The minimum absolute atomic E-state index is 0.0213. The van der Waals surface area contributed by atoms with E-state index in [9.17, 15) is 0 Å². The molecule has 98 valence electrons. The number of nitrogens with one attached hydrogen (secondary N) is 1. The number of hydrogen-bond donors (Lipinski definition) is 2. The van der Waals surface area contributed by atoms with E-state index in [4.69, 9.17) is 5.84 Å². The van der Waals surface area contributed by atoms with Crippen molar-refractivity contribution >= 4 is 0 Å². The van der Waals surface area contributed by atoms with E-state index in [1.165, 1.54) is 0 Å². The molecule has 0 aromatic carbocycles. The normalized spacial score (nSPS) is 13.2. The van der Waals surface area contributed by atoms with Gasteiger partial charge in [-0.05, 0) is 26.0 Å². The van der Waals surface area contributed by atoms with Crippen molar-refractivity contribution in [2.45, 2.75) is 32.4 Å². The van der Waals surface area contributed by atoms with E-state index in [0.29, 0.717) is 6.04 Å². The van der Waals surface area contributed by atoms with Gasteiger partial charge in [-0.25, -0.2) is 0 Å². The second-order valence-corrected chi connectivity index (χ2v) is 4.68. The fourth-order valence-electron chi connectivity index (χ4n) is 1.96. The van der Waals surface area contributed by atoms with E-state index in [1.54, 1.807) is 6.20 Å². The monoisotopic (exact) mass is 248 g/mol. The van der Waals surface area contributed by atoms with Crippen molar-refractivity contribution in [1.29, 1.82) is 0 Å². The first-order chi connectivity index (χ1) is 8.61. The van der Waals surface area contributed by atoms with Crippen LogP contribution in [0.25, 0.3) is 0 Å². The van der Waals surface area contributed by atoms with E-state index < -0.39 is 0 Å². The van der Waals surface area contributed by atoms with Gasteiger partial charge in [0.25, 0.3) is 0 Å². The molecule has 2 heterocycles. The molecular weight excluding hydrogens is 228 g/mol. The average molecular weight is 248 g/mol. The van der Waals surface area contributed by atoms with Gasteiger partial charge in [-0.2, -0.15) is 10.2 Å². The second kappa shape index (κ2) is 5.32. The summed E-state index contributed by atoms with van der Waals surface area (Å²) in [5.41, 5.74) is 4.90. The third-order valence-corrected chi connectivity index (χ3v) is 3.02. The highest BCUT2D eigenvalue weighted by Gasteiger charge is 2.15. The van der Waals surface area contributed by atoms with Crippen LogP contribution in [0.4, 0.5) is 0 Å². The molecule has 0 saturated carbocycles. The Bertz CT molecular complexity index is 498. The first kappa shape index (κ1) is 12.8. The highest BCUT2D eigenvalue weighted by Crippen LogP contribution is 2.16. The van der Waals surface area contributed by atoms with Crippen LogP contribution in [0.5, 0.6) is 0 Å². The van der Waals surface area contributed by atoms with Gasteiger partial charge >= 0.3 is 0 Å². The third-order valence-electron chi connectivity index (χ3n) is 3.02. The van der Waals surface area contributed by atoms with Gasteiger partial charge in [0.2, 0.25) is 0 Å². The molecule has 2 aromatic rings. The minimum atomic E-state index is 0.0213. The molecule has 0 aliphatic heterocycles. The van der Waals surface area contributed by atoms with Crippen LogP contribution >= 0.6 is 0 Å². The molecule has 1 unspecified atom stereocenters. The molecule has 0 spiro atoms. The topological polar surface area (TPSA) is 73.7 Å². The first-order valence-electron chi connectivity index (χ1n) is 6.10.